The lowest BCUT2D eigenvalue weighted by Crippen LogP contribution is -2.02. The topological polar surface area (TPSA) is 9.23 Å². The Morgan fingerprint density at radius 2 is 2.07 bits per heavy atom. The zero-order valence-corrected chi connectivity index (χ0v) is 11.6. The van der Waals surface area contributed by atoms with E-state index in [1.165, 1.54) is 5.56 Å². The van der Waals surface area contributed by atoms with Crippen LogP contribution in [-0.4, -0.2) is 11.9 Å². The lowest BCUT2D eigenvalue weighted by Gasteiger charge is -2.17. The van der Waals surface area contributed by atoms with Crippen LogP contribution < -0.4 is 4.74 Å². The van der Waals surface area contributed by atoms with E-state index in [-0.39, 0.29) is 0 Å². The van der Waals surface area contributed by atoms with Gasteiger partial charge in [-0.1, -0.05) is 41.4 Å². The third-order valence-corrected chi connectivity index (χ3v) is 3.01. The molecule has 84 valence electrons. The molecule has 2 atom stereocenters. The van der Waals surface area contributed by atoms with E-state index in [1.807, 2.05) is 18.2 Å². The summed E-state index contributed by atoms with van der Waals surface area (Å²) in [5, 5.41) is 0.764. The molecule has 0 fully saturated rings. The Balaban J connectivity index is 2.94. The van der Waals surface area contributed by atoms with Gasteiger partial charge in [0.1, 0.15) is 5.75 Å². The molecular formula is C12H16BrClO. The van der Waals surface area contributed by atoms with Gasteiger partial charge in [0.25, 0.3) is 0 Å². The van der Waals surface area contributed by atoms with Crippen LogP contribution in [0, 0.1) is 0 Å². The number of ether oxygens (including phenoxy) is 1. The Hall–Kier alpha value is -0.210. The second-order valence-electron chi connectivity index (χ2n) is 3.80. The zero-order chi connectivity index (χ0) is 11.4. The summed E-state index contributed by atoms with van der Waals surface area (Å²) in [6.07, 6.45) is 1.07. The van der Waals surface area contributed by atoms with Gasteiger partial charge in [0.2, 0.25) is 0 Å². The molecule has 0 saturated carbocycles. The Morgan fingerprint density at radius 1 is 1.40 bits per heavy atom. The van der Waals surface area contributed by atoms with Gasteiger partial charge in [-0.05, 0) is 36.1 Å². The minimum atomic E-state index is 0.438. The van der Waals surface area contributed by atoms with Gasteiger partial charge in [-0.15, -0.1) is 0 Å². The molecule has 1 rings (SSSR count). The number of alkyl halides is 1. The van der Waals surface area contributed by atoms with Crippen LogP contribution in [0.5, 0.6) is 5.75 Å². The quantitative estimate of drug-likeness (QED) is 0.735. The van der Waals surface area contributed by atoms with Crippen molar-refractivity contribution < 1.29 is 4.74 Å². The van der Waals surface area contributed by atoms with Crippen molar-refractivity contribution in [2.45, 2.75) is 31.0 Å². The Bertz CT molecular complexity index is 325. The molecule has 0 spiro atoms. The lowest BCUT2D eigenvalue weighted by molar-refractivity contribution is 0.405. The van der Waals surface area contributed by atoms with Gasteiger partial charge in [-0.3, -0.25) is 0 Å². The van der Waals surface area contributed by atoms with Crippen molar-refractivity contribution in [1.82, 2.24) is 0 Å². The summed E-state index contributed by atoms with van der Waals surface area (Å²) in [6, 6.07) is 5.77. The number of hydrogen-bond donors (Lipinski definition) is 0. The second-order valence-corrected chi connectivity index (χ2v) is 5.80. The van der Waals surface area contributed by atoms with Crippen LogP contribution in [0.3, 0.4) is 0 Å². The fourth-order valence-corrected chi connectivity index (χ4v) is 2.45. The molecule has 0 aliphatic heterocycles. The van der Waals surface area contributed by atoms with E-state index < -0.39 is 0 Å². The first-order valence-corrected chi connectivity index (χ1v) is 6.31. The molecule has 0 bridgehead atoms. The van der Waals surface area contributed by atoms with E-state index in [9.17, 15) is 0 Å². The summed E-state index contributed by atoms with van der Waals surface area (Å²) in [6.45, 7) is 4.33. The molecule has 15 heavy (non-hydrogen) atoms. The van der Waals surface area contributed by atoms with E-state index in [4.69, 9.17) is 16.3 Å². The number of hydrogen-bond acceptors (Lipinski definition) is 1. The first-order chi connectivity index (χ1) is 7.04. The summed E-state index contributed by atoms with van der Waals surface area (Å²) in [5.74, 6) is 1.35. The molecule has 0 aliphatic carbocycles. The van der Waals surface area contributed by atoms with Crippen molar-refractivity contribution in [3.8, 4) is 5.75 Å². The third kappa shape index (κ3) is 3.69. The molecular weight excluding hydrogens is 275 g/mol. The van der Waals surface area contributed by atoms with Gasteiger partial charge >= 0.3 is 0 Å². The maximum atomic E-state index is 5.99. The van der Waals surface area contributed by atoms with Crippen LogP contribution >= 0.6 is 27.5 Å². The van der Waals surface area contributed by atoms with E-state index >= 15 is 0 Å². The fraction of sp³-hybridized carbons (Fsp3) is 0.500. The molecule has 0 amide bonds. The number of halogens is 2. The van der Waals surface area contributed by atoms with Crippen molar-refractivity contribution in [1.29, 1.82) is 0 Å². The average Bonchev–Trinajstić information content (AvgIpc) is 2.16. The van der Waals surface area contributed by atoms with Gasteiger partial charge in [-0.25, -0.2) is 0 Å². The Morgan fingerprint density at radius 3 is 2.60 bits per heavy atom. The van der Waals surface area contributed by atoms with Gasteiger partial charge in [0, 0.05) is 9.85 Å². The standard InChI is InChI=1S/C12H16BrClO/c1-8(6-9(2)13)11-7-10(14)4-5-12(11)15-3/h4-5,7-9H,6H2,1-3H3. The van der Waals surface area contributed by atoms with Gasteiger partial charge in [0.05, 0.1) is 7.11 Å². The van der Waals surface area contributed by atoms with E-state index in [0.29, 0.717) is 10.7 Å². The summed E-state index contributed by atoms with van der Waals surface area (Å²) >= 11 is 9.55. The highest BCUT2D eigenvalue weighted by atomic mass is 79.9. The van der Waals surface area contributed by atoms with E-state index in [2.05, 4.69) is 29.8 Å². The summed E-state index contributed by atoms with van der Waals surface area (Å²) in [4.78, 5) is 0.496. The largest absolute Gasteiger partial charge is 0.496 e. The molecule has 2 unspecified atom stereocenters. The van der Waals surface area contributed by atoms with Gasteiger partial charge in [0.15, 0.2) is 0 Å². The normalized spacial score (nSPS) is 14.7. The maximum absolute atomic E-state index is 5.99. The van der Waals surface area contributed by atoms with E-state index in [1.54, 1.807) is 7.11 Å². The van der Waals surface area contributed by atoms with Crippen LogP contribution in [0.25, 0.3) is 0 Å². The third-order valence-electron chi connectivity index (χ3n) is 2.40. The van der Waals surface area contributed by atoms with Gasteiger partial charge in [-0.2, -0.15) is 0 Å². The summed E-state index contributed by atoms with van der Waals surface area (Å²) < 4.78 is 5.33. The lowest BCUT2D eigenvalue weighted by atomic mass is 9.96. The van der Waals surface area contributed by atoms with Crippen molar-refractivity contribution in [2.24, 2.45) is 0 Å². The predicted molar refractivity (Wildman–Crippen MR) is 69.4 cm³/mol. The molecule has 0 saturated heterocycles. The fourth-order valence-electron chi connectivity index (χ4n) is 1.70. The molecule has 0 aliphatic rings. The monoisotopic (exact) mass is 290 g/mol. The molecule has 0 radical (unpaired) electrons. The van der Waals surface area contributed by atoms with Crippen molar-refractivity contribution >= 4 is 27.5 Å². The number of rotatable bonds is 4. The molecule has 3 heteroatoms. The van der Waals surface area contributed by atoms with E-state index in [0.717, 1.165) is 17.2 Å². The number of methoxy groups -OCH3 is 1. The van der Waals surface area contributed by atoms with Crippen LogP contribution in [0.15, 0.2) is 18.2 Å². The zero-order valence-electron chi connectivity index (χ0n) is 9.26. The SMILES string of the molecule is COc1ccc(Cl)cc1C(C)CC(C)Br. The molecule has 0 aromatic heterocycles. The maximum Gasteiger partial charge on any atom is 0.122 e. The smallest absolute Gasteiger partial charge is 0.122 e. The summed E-state index contributed by atoms with van der Waals surface area (Å²) in [7, 11) is 1.69. The van der Waals surface area contributed by atoms with Crippen LogP contribution in [0.4, 0.5) is 0 Å². The number of benzene rings is 1. The highest BCUT2D eigenvalue weighted by Crippen LogP contribution is 2.32. The molecule has 1 aromatic carbocycles. The minimum absolute atomic E-state index is 0.438. The highest BCUT2D eigenvalue weighted by molar-refractivity contribution is 9.09. The first kappa shape index (κ1) is 12.9. The van der Waals surface area contributed by atoms with Crippen molar-refractivity contribution in [2.75, 3.05) is 7.11 Å². The van der Waals surface area contributed by atoms with Crippen LogP contribution in [0.2, 0.25) is 5.02 Å². The first-order valence-electron chi connectivity index (χ1n) is 5.02. The summed E-state index contributed by atoms with van der Waals surface area (Å²) in [5.41, 5.74) is 1.18. The molecule has 1 aromatic rings. The van der Waals surface area contributed by atoms with Crippen LogP contribution in [0.1, 0.15) is 31.7 Å². The molecule has 1 nitrogen and oxygen atoms in total. The average molecular weight is 292 g/mol. The minimum Gasteiger partial charge on any atom is -0.496 e. The van der Waals surface area contributed by atoms with Crippen molar-refractivity contribution in [3.05, 3.63) is 28.8 Å². The Labute approximate surface area is 105 Å². The predicted octanol–water partition coefficient (Wildman–Crippen LogP) is 4.63. The molecule has 0 heterocycles. The van der Waals surface area contributed by atoms with Crippen LogP contribution in [-0.2, 0) is 0 Å². The molecule has 0 N–H and O–H groups in total. The highest BCUT2D eigenvalue weighted by Gasteiger charge is 2.13. The van der Waals surface area contributed by atoms with Gasteiger partial charge < -0.3 is 4.74 Å². The van der Waals surface area contributed by atoms with Crippen molar-refractivity contribution in [3.63, 3.8) is 0 Å². The second kappa shape index (κ2) is 5.76. The Kier molecular flexibility index (Phi) is 4.94.